The van der Waals surface area contributed by atoms with Gasteiger partial charge in [0.15, 0.2) is 0 Å². The zero-order valence-corrected chi connectivity index (χ0v) is 9.70. The molecule has 1 aliphatic heterocycles. The van der Waals surface area contributed by atoms with Gasteiger partial charge in [0.1, 0.15) is 0 Å². The summed E-state index contributed by atoms with van der Waals surface area (Å²) >= 11 is 3.44. The van der Waals surface area contributed by atoms with Crippen molar-refractivity contribution in [3.63, 3.8) is 0 Å². The quantitative estimate of drug-likeness (QED) is 0.787. The summed E-state index contributed by atoms with van der Waals surface area (Å²) in [7, 11) is 0. The number of halogens is 1. The summed E-state index contributed by atoms with van der Waals surface area (Å²) in [6, 6.07) is 8.55. The third-order valence-electron chi connectivity index (χ3n) is 2.47. The first-order valence-electron chi connectivity index (χ1n) is 4.95. The molecule has 14 heavy (non-hydrogen) atoms. The Morgan fingerprint density at radius 2 is 1.79 bits per heavy atom. The molecule has 1 fully saturated rings. The second-order valence-corrected chi connectivity index (χ2v) is 4.49. The van der Waals surface area contributed by atoms with Crippen molar-refractivity contribution in [1.29, 1.82) is 0 Å². The van der Waals surface area contributed by atoms with Crippen molar-refractivity contribution < 1.29 is 0 Å². The lowest BCUT2D eigenvalue weighted by molar-refractivity contribution is 0.231. The molecule has 0 unspecified atom stereocenters. The third kappa shape index (κ3) is 2.80. The molecule has 0 aliphatic carbocycles. The van der Waals surface area contributed by atoms with Gasteiger partial charge in [0.2, 0.25) is 0 Å². The van der Waals surface area contributed by atoms with Crippen LogP contribution in [0.5, 0.6) is 0 Å². The van der Waals surface area contributed by atoms with Crippen molar-refractivity contribution in [2.24, 2.45) is 0 Å². The van der Waals surface area contributed by atoms with Gasteiger partial charge in [-0.05, 0) is 17.7 Å². The molecule has 2 rings (SSSR count). The van der Waals surface area contributed by atoms with Crippen molar-refractivity contribution in [2.75, 3.05) is 26.2 Å². The molecular weight excluding hydrogens is 240 g/mol. The monoisotopic (exact) mass is 253 g/mol. The minimum absolute atomic E-state index is 0.997. The van der Waals surface area contributed by atoms with Gasteiger partial charge >= 0.3 is 0 Å². The SMILES string of the molecule is Brc1ccc(CN2CC[N]CC2)cc1. The van der Waals surface area contributed by atoms with E-state index in [1.165, 1.54) is 5.56 Å². The highest BCUT2D eigenvalue weighted by atomic mass is 79.9. The molecule has 1 aliphatic rings. The second-order valence-electron chi connectivity index (χ2n) is 3.57. The highest BCUT2D eigenvalue weighted by Gasteiger charge is 2.09. The van der Waals surface area contributed by atoms with E-state index in [4.69, 9.17) is 0 Å². The number of benzene rings is 1. The summed E-state index contributed by atoms with van der Waals surface area (Å²) in [5, 5.41) is 4.33. The van der Waals surface area contributed by atoms with Crippen LogP contribution in [0, 0.1) is 0 Å². The number of piperazine rings is 1. The average Bonchev–Trinajstić information content (AvgIpc) is 2.23. The van der Waals surface area contributed by atoms with Gasteiger partial charge in [-0.3, -0.25) is 4.90 Å². The van der Waals surface area contributed by atoms with E-state index in [1.54, 1.807) is 0 Å². The Morgan fingerprint density at radius 3 is 2.43 bits per heavy atom. The largest absolute Gasteiger partial charge is 0.296 e. The van der Waals surface area contributed by atoms with Gasteiger partial charge < -0.3 is 0 Å². The molecule has 0 N–H and O–H groups in total. The van der Waals surface area contributed by atoms with Gasteiger partial charge in [-0.1, -0.05) is 28.1 Å². The van der Waals surface area contributed by atoms with Gasteiger partial charge in [0.05, 0.1) is 0 Å². The zero-order chi connectivity index (χ0) is 9.80. The fourth-order valence-electron chi connectivity index (χ4n) is 1.65. The Labute approximate surface area is 93.4 Å². The molecule has 1 aromatic rings. The maximum atomic E-state index is 4.33. The van der Waals surface area contributed by atoms with E-state index >= 15 is 0 Å². The minimum atomic E-state index is 0.997. The first-order chi connectivity index (χ1) is 6.84. The summed E-state index contributed by atoms with van der Waals surface area (Å²) in [4.78, 5) is 2.45. The smallest absolute Gasteiger partial charge is 0.0261 e. The van der Waals surface area contributed by atoms with E-state index in [0.717, 1.165) is 37.2 Å². The van der Waals surface area contributed by atoms with E-state index in [9.17, 15) is 0 Å². The summed E-state index contributed by atoms with van der Waals surface area (Å²) in [5.41, 5.74) is 1.38. The number of hydrogen-bond acceptors (Lipinski definition) is 1. The van der Waals surface area contributed by atoms with Crippen LogP contribution >= 0.6 is 15.9 Å². The molecule has 1 heterocycles. The molecule has 0 saturated carbocycles. The maximum absolute atomic E-state index is 4.33. The van der Waals surface area contributed by atoms with E-state index in [-0.39, 0.29) is 0 Å². The first kappa shape index (κ1) is 10.1. The van der Waals surface area contributed by atoms with E-state index in [0.29, 0.717) is 0 Å². The van der Waals surface area contributed by atoms with Crippen LogP contribution in [-0.4, -0.2) is 31.1 Å². The van der Waals surface area contributed by atoms with E-state index < -0.39 is 0 Å². The summed E-state index contributed by atoms with van der Waals surface area (Å²) < 4.78 is 1.15. The van der Waals surface area contributed by atoms with Crippen LogP contribution in [0.3, 0.4) is 0 Å². The van der Waals surface area contributed by atoms with E-state index in [1.807, 2.05) is 0 Å². The fourth-order valence-corrected chi connectivity index (χ4v) is 1.92. The van der Waals surface area contributed by atoms with Gasteiger partial charge in [-0.25, -0.2) is 5.32 Å². The zero-order valence-electron chi connectivity index (χ0n) is 8.12. The van der Waals surface area contributed by atoms with E-state index in [2.05, 4.69) is 50.4 Å². The van der Waals surface area contributed by atoms with Crippen LogP contribution in [0.1, 0.15) is 5.56 Å². The molecule has 75 valence electrons. The van der Waals surface area contributed by atoms with Gasteiger partial charge in [-0.15, -0.1) is 0 Å². The summed E-state index contributed by atoms with van der Waals surface area (Å²) in [5.74, 6) is 0. The molecule has 1 saturated heterocycles. The Kier molecular flexibility index (Phi) is 3.56. The van der Waals surface area contributed by atoms with Crippen molar-refractivity contribution in [3.05, 3.63) is 34.3 Å². The Morgan fingerprint density at radius 1 is 1.14 bits per heavy atom. The number of nitrogens with zero attached hydrogens (tertiary/aromatic N) is 2. The van der Waals surface area contributed by atoms with Gasteiger partial charge in [0, 0.05) is 37.2 Å². The molecule has 1 radical (unpaired) electrons. The lowest BCUT2D eigenvalue weighted by atomic mass is 10.2. The molecule has 0 amide bonds. The molecule has 0 spiro atoms. The highest BCUT2D eigenvalue weighted by Crippen LogP contribution is 2.12. The molecule has 1 aromatic carbocycles. The lowest BCUT2D eigenvalue weighted by Crippen LogP contribution is -2.39. The van der Waals surface area contributed by atoms with Crippen LogP contribution in [0.25, 0.3) is 0 Å². The predicted octanol–water partition coefficient (Wildman–Crippen LogP) is 1.87. The van der Waals surface area contributed by atoms with Crippen LogP contribution in [0.15, 0.2) is 28.7 Å². The molecule has 0 bridgehead atoms. The molecular formula is C11H14BrN2. The standard InChI is InChI=1S/C11H14BrN2/c12-11-3-1-10(2-4-11)9-14-7-5-13-6-8-14/h1-4H,5-9H2. The number of rotatable bonds is 2. The Bertz CT molecular complexity index is 278. The van der Waals surface area contributed by atoms with Crippen LogP contribution in [0.2, 0.25) is 0 Å². The topological polar surface area (TPSA) is 17.3 Å². The fraction of sp³-hybridized carbons (Fsp3) is 0.455. The Hall–Kier alpha value is -0.380. The Balaban J connectivity index is 1.92. The summed E-state index contributed by atoms with van der Waals surface area (Å²) in [6.45, 7) is 5.27. The number of hydrogen-bond donors (Lipinski definition) is 0. The minimum Gasteiger partial charge on any atom is -0.296 e. The van der Waals surface area contributed by atoms with Gasteiger partial charge in [0.25, 0.3) is 0 Å². The highest BCUT2D eigenvalue weighted by molar-refractivity contribution is 9.10. The molecule has 3 heteroatoms. The maximum Gasteiger partial charge on any atom is 0.0261 e. The second kappa shape index (κ2) is 4.91. The van der Waals surface area contributed by atoms with Crippen LogP contribution < -0.4 is 5.32 Å². The predicted molar refractivity (Wildman–Crippen MR) is 61.3 cm³/mol. The van der Waals surface area contributed by atoms with Crippen molar-refractivity contribution in [1.82, 2.24) is 10.2 Å². The van der Waals surface area contributed by atoms with Crippen LogP contribution in [0.4, 0.5) is 0 Å². The average molecular weight is 254 g/mol. The van der Waals surface area contributed by atoms with Crippen molar-refractivity contribution in [2.45, 2.75) is 6.54 Å². The van der Waals surface area contributed by atoms with Gasteiger partial charge in [-0.2, -0.15) is 0 Å². The van der Waals surface area contributed by atoms with Crippen molar-refractivity contribution >= 4 is 15.9 Å². The molecule has 0 atom stereocenters. The summed E-state index contributed by atoms with van der Waals surface area (Å²) in [6.07, 6.45) is 0. The normalized spacial score (nSPS) is 18.4. The third-order valence-corrected chi connectivity index (χ3v) is 3.00. The molecule has 2 nitrogen and oxygen atoms in total. The molecule has 0 aromatic heterocycles. The first-order valence-corrected chi connectivity index (χ1v) is 5.74. The van der Waals surface area contributed by atoms with Crippen molar-refractivity contribution in [3.8, 4) is 0 Å². The lowest BCUT2D eigenvalue weighted by Gasteiger charge is -2.26. The van der Waals surface area contributed by atoms with Crippen LogP contribution in [-0.2, 0) is 6.54 Å².